The van der Waals surface area contributed by atoms with Crippen LogP contribution in [0.2, 0.25) is 15.1 Å². The van der Waals surface area contributed by atoms with E-state index in [1.807, 2.05) is 4.90 Å². The van der Waals surface area contributed by atoms with E-state index in [0.717, 1.165) is 30.8 Å². The molecule has 0 radical (unpaired) electrons. The van der Waals surface area contributed by atoms with Crippen molar-refractivity contribution in [3.05, 3.63) is 68.8 Å². The number of halogens is 3. The fraction of sp³-hybridized carbons (Fsp3) is 0.200. The Labute approximate surface area is 171 Å². The number of carbonyl (C=O) groups excluding carboxylic acids is 2. The van der Waals surface area contributed by atoms with Gasteiger partial charge in [-0.05, 0) is 48.7 Å². The largest absolute Gasteiger partial charge is 0.366 e. The molecule has 0 spiro atoms. The maximum atomic E-state index is 13.3. The number of benzene rings is 2. The predicted octanol–water partition coefficient (Wildman–Crippen LogP) is 5.03. The molecule has 0 N–H and O–H groups in total. The van der Waals surface area contributed by atoms with Crippen molar-refractivity contribution in [2.24, 2.45) is 0 Å². The Hall–Kier alpha value is -2.01. The van der Waals surface area contributed by atoms with Gasteiger partial charge in [0, 0.05) is 28.2 Å². The zero-order chi connectivity index (χ0) is 19.1. The summed E-state index contributed by atoms with van der Waals surface area (Å²) in [6.45, 7) is 1.49. The molecule has 0 bridgehead atoms. The molecule has 0 unspecified atom stereocenters. The Bertz CT molecular complexity index is 943. The molecule has 0 aromatic heterocycles. The first kappa shape index (κ1) is 18.4. The van der Waals surface area contributed by atoms with Crippen molar-refractivity contribution in [1.29, 1.82) is 0 Å². The third-order valence-electron chi connectivity index (χ3n) is 4.72. The third-order valence-corrected chi connectivity index (χ3v) is 5.41. The smallest absolute Gasteiger partial charge is 0.282 e. The minimum atomic E-state index is -0.387. The molecule has 4 rings (SSSR count). The van der Waals surface area contributed by atoms with Gasteiger partial charge in [-0.25, -0.2) is 4.90 Å². The summed E-state index contributed by atoms with van der Waals surface area (Å²) >= 11 is 18.2. The Morgan fingerprint density at radius 1 is 0.741 bits per heavy atom. The molecule has 4 nitrogen and oxygen atoms in total. The lowest BCUT2D eigenvalue weighted by Gasteiger charge is -2.20. The van der Waals surface area contributed by atoms with Gasteiger partial charge in [0.1, 0.15) is 5.70 Å². The van der Waals surface area contributed by atoms with E-state index < -0.39 is 0 Å². The van der Waals surface area contributed by atoms with Gasteiger partial charge < -0.3 is 4.90 Å². The summed E-state index contributed by atoms with van der Waals surface area (Å²) < 4.78 is 0. The summed E-state index contributed by atoms with van der Waals surface area (Å²) in [6, 6.07) is 11.6. The third kappa shape index (κ3) is 3.33. The van der Waals surface area contributed by atoms with Crippen LogP contribution in [-0.2, 0) is 9.59 Å². The SMILES string of the molecule is O=C1C(c2ccc(Cl)cc2)=C(N2CCCC2)C(=O)N1c1cc(Cl)cc(Cl)c1. The number of hydrogen-bond acceptors (Lipinski definition) is 3. The van der Waals surface area contributed by atoms with Gasteiger partial charge >= 0.3 is 0 Å². The topological polar surface area (TPSA) is 40.6 Å². The molecule has 1 fully saturated rings. The summed E-state index contributed by atoms with van der Waals surface area (Å²) in [7, 11) is 0. The van der Waals surface area contributed by atoms with Gasteiger partial charge in [-0.3, -0.25) is 9.59 Å². The normalized spacial score (nSPS) is 17.4. The van der Waals surface area contributed by atoms with Gasteiger partial charge in [0.05, 0.1) is 11.3 Å². The van der Waals surface area contributed by atoms with Crippen LogP contribution in [0.5, 0.6) is 0 Å². The molecular weight excluding hydrogens is 407 g/mol. The minimum absolute atomic E-state index is 0.356. The fourth-order valence-electron chi connectivity index (χ4n) is 3.53. The molecule has 1 saturated heterocycles. The molecule has 2 aromatic carbocycles. The van der Waals surface area contributed by atoms with E-state index in [1.165, 1.54) is 0 Å². The van der Waals surface area contributed by atoms with Crippen LogP contribution in [0.25, 0.3) is 5.57 Å². The Morgan fingerprint density at radius 2 is 1.33 bits per heavy atom. The minimum Gasteiger partial charge on any atom is -0.366 e. The van der Waals surface area contributed by atoms with Crippen molar-refractivity contribution in [3.63, 3.8) is 0 Å². The van der Waals surface area contributed by atoms with Crippen molar-refractivity contribution in [2.45, 2.75) is 12.8 Å². The number of nitrogens with zero attached hydrogens (tertiary/aromatic N) is 2. The van der Waals surface area contributed by atoms with Crippen LogP contribution in [0, 0.1) is 0 Å². The molecule has 7 heteroatoms. The van der Waals surface area contributed by atoms with Crippen LogP contribution >= 0.6 is 34.8 Å². The first-order chi connectivity index (χ1) is 13.0. The van der Waals surface area contributed by atoms with Crippen molar-refractivity contribution in [1.82, 2.24) is 4.90 Å². The quantitative estimate of drug-likeness (QED) is 0.653. The standard InChI is InChI=1S/C20H15Cl3N2O2/c21-13-5-3-12(4-6-13)17-18(24-7-1-2-8-24)20(27)25(19(17)26)16-10-14(22)9-15(23)11-16/h3-6,9-11H,1-2,7-8H2. The highest BCUT2D eigenvalue weighted by Gasteiger charge is 2.43. The average molecular weight is 422 g/mol. The number of likely N-dealkylation sites (tertiary alicyclic amines) is 1. The summed E-state index contributed by atoms with van der Waals surface area (Å²) in [5.74, 6) is -0.743. The molecule has 2 heterocycles. The van der Waals surface area contributed by atoms with Gasteiger partial charge in [0.2, 0.25) is 0 Å². The molecular formula is C20H15Cl3N2O2. The van der Waals surface area contributed by atoms with Crippen molar-refractivity contribution in [2.75, 3.05) is 18.0 Å². The molecule has 0 aliphatic carbocycles. The molecule has 27 heavy (non-hydrogen) atoms. The van der Waals surface area contributed by atoms with E-state index in [-0.39, 0.29) is 11.8 Å². The van der Waals surface area contributed by atoms with Gasteiger partial charge in [-0.15, -0.1) is 0 Å². The molecule has 0 saturated carbocycles. The highest BCUT2D eigenvalue weighted by atomic mass is 35.5. The fourth-order valence-corrected chi connectivity index (χ4v) is 4.17. The first-order valence-corrected chi connectivity index (χ1v) is 9.69. The number of anilines is 1. The van der Waals surface area contributed by atoms with E-state index in [0.29, 0.717) is 37.6 Å². The van der Waals surface area contributed by atoms with E-state index in [1.54, 1.807) is 42.5 Å². The second kappa shape index (κ2) is 7.19. The molecule has 138 valence electrons. The maximum Gasteiger partial charge on any atom is 0.282 e. The molecule has 2 aliphatic rings. The average Bonchev–Trinajstić information content (AvgIpc) is 3.21. The second-order valence-corrected chi connectivity index (χ2v) is 7.81. The Balaban J connectivity index is 1.85. The molecule has 2 aliphatic heterocycles. The second-order valence-electron chi connectivity index (χ2n) is 6.50. The predicted molar refractivity (Wildman–Crippen MR) is 108 cm³/mol. The number of carbonyl (C=O) groups is 2. The zero-order valence-corrected chi connectivity index (χ0v) is 16.5. The number of amides is 2. The Kier molecular flexibility index (Phi) is 4.89. The Morgan fingerprint density at radius 3 is 1.93 bits per heavy atom. The van der Waals surface area contributed by atoms with Gasteiger partial charge in [-0.1, -0.05) is 46.9 Å². The van der Waals surface area contributed by atoms with E-state index in [2.05, 4.69) is 0 Å². The maximum absolute atomic E-state index is 13.3. The van der Waals surface area contributed by atoms with Crippen molar-refractivity contribution >= 4 is 57.9 Å². The number of hydrogen-bond donors (Lipinski definition) is 0. The molecule has 0 atom stereocenters. The lowest BCUT2D eigenvalue weighted by atomic mass is 10.0. The summed E-state index contributed by atoms with van der Waals surface area (Å²) in [4.78, 5) is 29.7. The van der Waals surface area contributed by atoms with Gasteiger partial charge in [0.25, 0.3) is 11.8 Å². The lowest BCUT2D eigenvalue weighted by Crippen LogP contribution is -2.34. The van der Waals surface area contributed by atoms with Crippen LogP contribution in [0.1, 0.15) is 18.4 Å². The number of imide groups is 1. The summed E-state index contributed by atoms with van der Waals surface area (Å²) in [5.41, 5.74) is 1.84. The highest BCUT2D eigenvalue weighted by molar-refractivity contribution is 6.46. The van der Waals surface area contributed by atoms with Crippen LogP contribution in [-0.4, -0.2) is 29.8 Å². The molecule has 2 aromatic rings. The monoisotopic (exact) mass is 420 g/mol. The first-order valence-electron chi connectivity index (χ1n) is 8.56. The van der Waals surface area contributed by atoms with Crippen molar-refractivity contribution in [3.8, 4) is 0 Å². The van der Waals surface area contributed by atoms with Crippen LogP contribution in [0.15, 0.2) is 48.2 Å². The van der Waals surface area contributed by atoms with Crippen LogP contribution in [0.3, 0.4) is 0 Å². The number of rotatable bonds is 3. The van der Waals surface area contributed by atoms with E-state index >= 15 is 0 Å². The van der Waals surface area contributed by atoms with Gasteiger partial charge in [-0.2, -0.15) is 0 Å². The zero-order valence-electron chi connectivity index (χ0n) is 14.2. The summed E-state index contributed by atoms with van der Waals surface area (Å²) in [5, 5.41) is 1.29. The summed E-state index contributed by atoms with van der Waals surface area (Å²) in [6.07, 6.45) is 1.98. The van der Waals surface area contributed by atoms with Crippen LogP contribution < -0.4 is 4.90 Å². The van der Waals surface area contributed by atoms with Gasteiger partial charge in [0.15, 0.2) is 0 Å². The van der Waals surface area contributed by atoms with Crippen LogP contribution in [0.4, 0.5) is 5.69 Å². The van der Waals surface area contributed by atoms with E-state index in [9.17, 15) is 9.59 Å². The van der Waals surface area contributed by atoms with E-state index in [4.69, 9.17) is 34.8 Å². The lowest BCUT2D eigenvalue weighted by molar-refractivity contribution is -0.120. The highest BCUT2D eigenvalue weighted by Crippen LogP contribution is 2.37. The molecule has 2 amide bonds. The van der Waals surface area contributed by atoms with Crippen molar-refractivity contribution < 1.29 is 9.59 Å².